The Morgan fingerprint density at radius 3 is 2.69 bits per heavy atom. The summed E-state index contributed by atoms with van der Waals surface area (Å²) >= 11 is 5.86. The van der Waals surface area contributed by atoms with Crippen molar-refractivity contribution < 1.29 is 5.11 Å². The van der Waals surface area contributed by atoms with E-state index in [1.807, 2.05) is 31.1 Å². The molecule has 0 aromatic heterocycles. The lowest BCUT2D eigenvalue weighted by molar-refractivity contribution is 0.137. The molecule has 0 saturated carbocycles. The number of nitrogens with two attached hydrogens (primary N) is 1. The maximum atomic E-state index is 10.0. The molecule has 0 aliphatic rings. The minimum absolute atomic E-state index is 0.263. The van der Waals surface area contributed by atoms with Gasteiger partial charge < -0.3 is 15.7 Å². The van der Waals surface area contributed by atoms with Gasteiger partial charge in [-0.3, -0.25) is 0 Å². The van der Waals surface area contributed by atoms with Crippen molar-refractivity contribution in [1.82, 2.24) is 4.90 Å². The van der Waals surface area contributed by atoms with Gasteiger partial charge in [-0.25, -0.2) is 0 Å². The number of hydrogen-bond donors (Lipinski definition) is 2. The molecule has 1 aromatic carbocycles. The molecule has 0 bridgehead atoms. The Kier molecular flexibility index (Phi) is 5.22. The molecular weight excluding hydrogens is 224 g/mol. The predicted molar refractivity (Wildman–Crippen MR) is 67.6 cm³/mol. The molecule has 1 aromatic rings. The van der Waals surface area contributed by atoms with Gasteiger partial charge in [0.2, 0.25) is 0 Å². The van der Waals surface area contributed by atoms with E-state index in [4.69, 9.17) is 17.3 Å². The molecule has 2 atom stereocenters. The summed E-state index contributed by atoms with van der Waals surface area (Å²) in [4.78, 5) is 2.05. The lowest BCUT2D eigenvalue weighted by atomic mass is 10.0. The van der Waals surface area contributed by atoms with E-state index in [9.17, 15) is 5.11 Å². The van der Waals surface area contributed by atoms with Crippen LogP contribution in [0.5, 0.6) is 0 Å². The average molecular weight is 243 g/mol. The van der Waals surface area contributed by atoms with E-state index < -0.39 is 6.10 Å². The third-order valence-corrected chi connectivity index (χ3v) is 2.74. The van der Waals surface area contributed by atoms with Gasteiger partial charge in [0.1, 0.15) is 0 Å². The summed E-state index contributed by atoms with van der Waals surface area (Å²) in [6, 6.07) is 6.93. The summed E-state index contributed by atoms with van der Waals surface area (Å²) in [5, 5.41) is 10.6. The molecule has 0 aliphatic heterocycles. The zero-order valence-electron chi connectivity index (χ0n) is 9.73. The van der Waals surface area contributed by atoms with Gasteiger partial charge in [0.25, 0.3) is 0 Å². The molecule has 0 amide bonds. The molecule has 2 unspecified atom stereocenters. The second-order valence-electron chi connectivity index (χ2n) is 4.26. The van der Waals surface area contributed by atoms with E-state index in [0.29, 0.717) is 5.02 Å². The van der Waals surface area contributed by atoms with E-state index in [1.54, 1.807) is 12.1 Å². The fourth-order valence-electron chi connectivity index (χ4n) is 1.50. The van der Waals surface area contributed by atoms with Crippen molar-refractivity contribution in [3.05, 3.63) is 34.9 Å². The Morgan fingerprint density at radius 1 is 1.44 bits per heavy atom. The fourth-order valence-corrected chi connectivity index (χ4v) is 1.70. The highest BCUT2D eigenvalue weighted by atomic mass is 35.5. The van der Waals surface area contributed by atoms with Crippen molar-refractivity contribution in [2.45, 2.75) is 18.6 Å². The molecule has 3 nitrogen and oxygen atoms in total. The maximum absolute atomic E-state index is 10.0. The smallest absolute Gasteiger partial charge is 0.0941 e. The monoisotopic (exact) mass is 242 g/mol. The molecular formula is C12H19ClN2O. The summed E-state index contributed by atoms with van der Waals surface area (Å²) in [6.07, 6.45) is 0.0966. The van der Waals surface area contributed by atoms with Gasteiger partial charge >= 0.3 is 0 Å². The van der Waals surface area contributed by atoms with Gasteiger partial charge in [0.05, 0.1) is 6.10 Å². The van der Waals surface area contributed by atoms with Crippen molar-refractivity contribution in [2.75, 3.05) is 20.6 Å². The maximum Gasteiger partial charge on any atom is 0.0941 e. The van der Waals surface area contributed by atoms with Crippen LogP contribution in [0.2, 0.25) is 5.02 Å². The minimum Gasteiger partial charge on any atom is -0.387 e. The lowest BCUT2D eigenvalue weighted by Gasteiger charge is -2.21. The Hall–Kier alpha value is -0.610. The van der Waals surface area contributed by atoms with Crippen LogP contribution in [0.4, 0.5) is 0 Å². The predicted octanol–water partition coefficient (Wildman–Crippen LogP) is 1.65. The number of nitrogens with zero attached hydrogens (tertiary/aromatic N) is 1. The molecule has 4 heteroatoms. The molecule has 3 N–H and O–H groups in total. The Bertz CT molecular complexity index is 331. The van der Waals surface area contributed by atoms with Crippen LogP contribution in [-0.2, 0) is 0 Å². The highest BCUT2D eigenvalue weighted by molar-refractivity contribution is 6.30. The SMILES string of the molecule is CN(C)CCC(N)C(O)c1cccc(Cl)c1. The number of rotatable bonds is 5. The fraction of sp³-hybridized carbons (Fsp3) is 0.500. The zero-order valence-corrected chi connectivity index (χ0v) is 10.5. The molecule has 0 saturated heterocycles. The van der Waals surface area contributed by atoms with Gasteiger partial charge in [-0.1, -0.05) is 23.7 Å². The molecule has 16 heavy (non-hydrogen) atoms. The largest absolute Gasteiger partial charge is 0.387 e. The molecule has 90 valence electrons. The first-order valence-electron chi connectivity index (χ1n) is 5.34. The van der Waals surface area contributed by atoms with E-state index in [-0.39, 0.29) is 6.04 Å². The van der Waals surface area contributed by atoms with Crippen LogP contribution in [0.15, 0.2) is 24.3 Å². The molecule has 1 rings (SSSR count). The summed E-state index contributed by atoms with van der Waals surface area (Å²) in [6.45, 7) is 0.860. The Labute approximate surface area is 102 Å². The summed E-state index contributed by atoms with van der Waals surface area (Å²) < 4.78 is 0. The van der Waals surface area contributed by atoms with Gasteiger partial charge in [-0.2, -0.15) is 0 Å². The van der Waals surface area contributed by atoms with Crippen LogP contribution >= 0.6 is 11.6 Å². The van der Waals surface area contributed by atoms with Gasteiger partial charge in [-0.05, 0) is 44.8 Å². The van der Waals surface area contributed by atoms with Crippen LogP contribution < -0.4 is 5.73 Å². The van der Waals surface area contributed by atoms with Crippen LogP contribution in [-0.4, -0.2) is 36.7 Å². The van der Waals surface area contributed by atoms with E-state index in [0.717, 1.165) is 18.5 Å². The van der Waals surface area contributed by atoms with Crippen molar-refractivity contribution in [2.24, 2.45) is 5.73 Å². The first-order chi connectivity index (χ1) is 7.50. The van der Waals surface area contributed by atoms with Crippen LogP contribution in [0.3, 0.4) is 0 Å². The third kappa shape index (κ3) is 4.10. The molecule has 0 aliphatic carbocycles. The molecule has 0 radical (unpaired) electrons. The normalized spacial score (nSPS) is 15.1. The number of halogens is 1. The zero-order chi connectivity index (χ0) is 12.1. The highest BCUT2D eigenvalue weighted by Crippen LogP contribution is 2.20. The number of benzene rings is 1. The van der Waals surface area contributed by atoms with Crippen LogP contribution in [0.1, 0.15) is 18.1 Å². The second kappa shape index (κ2) is 6.21. The first-order valence-corrected chi connectivity index (χ1v) is 5.72. The van der Waals surface area contributed by atoms with Crippen molar-refractivity contribution >= 4 is 11.6 Å². The van der Waals surface area contributed by atoms with Gasteiger partial charge in [0, 0.05) is 11.1 Å². The topological polar surface area (TPSA) is 49.5 Å². The van der Waals surface area contributed by atoms with Gasteiger partial charge in [0.15, 0.2) is 0 Å². The van der Waals surface area contributed by atoms with Gasteiger partial charge in [-0.15, -0.1) is 0 Å². The van der Waals surface area contributed by atoms with E-state index in [2.05, 4.69) is 0 Å². The molecule has 0 heterocycles. The first kappa shape index (κ1) is 13.5. The summed E-state index contributed by atoms with van der Waals surface area (Å²) in [5.41, 5.74) is 6.70. The average Bonchev–Trinajstić information content (AvgIpc) is 2.24. The lowest BCUT2D eigenvalue weighted by Crippen LogP contribution is -2.32. The third-order valence-electron chi connectivity index (χ3n) is 2.51. The quantitative estimate of drug-likeness (QED) is 0.826. The minimum atomic E-state index is -0.654. The van der Waals surface area contributed by atoms with E-state index in [1.165, 1.54) is 0 Å². The summed E-state index contributed by atoms with van der Waals surface area (Å²) in [7, 11) is 3.97. The summed E-state index contributed by atoms with van der Waals surface area (Å²) in [5.74, 6) is 0. The van der Waals surface area contributed by atoms with Crippen molar-refractivity contribution in [1.29, 1.82) is 0 Å². The standard InChI is InChI=1S/C12H19ClN2O/c1-15(2)7-6-11(14)12(16)9-4-3-5-10(13)8-9/h3-5,8,11-12,16H,6-7,14H2,1-2H3. The van der Waals surface area contributed by atoms with Crippen LogP contribution in [0, 0.1) is 0 Å². The molecule has 0 spiro atoms. The van der Waals surface area contributed by atoms with Crippen molar-refractivity contribution in [3.8, 4) is 0 Å². The van der Waals surface area contributed by atoms with Crippen LogP contribution in [0.25, 0.3) is 0 Å². The number of hydrogen-bond acceptors (Lipinski definition) is 3. The highest BCUT2D eigenvalue weighted by Gasteiger charge is 2.16. The second-order valence-corrected chi connectivity index (χ2v) is 4.69. The molecule has 0 fully saturated rings. The number of aliphatic hydroxyl groups excluding tert-OH is 1. The Morgan fingerprint density at radius 2 is 2.12 bits per heavy atom. The van der Waals surface area contributed by atoms with Crippen molar-refractivity contribution in [3.63, 3.8) is 0 Å². The number of aliphatic hydroxyl groups is 1. The van der Waals surface area contributed by atoms with E-state index >= 15 is 0 Å². The Balaban J connectivity index is 2.59.